The lowest BCUT2D eigenvalue weighted by Gasteiger charge is -2.22. The highest BCUT2D eigenvalue weighted by atomic mass is 16.5. The van der Waals surface area contributed by atoms with Gasteiger partial charge in [-0.15, -0.1) is 0 Å². The monoisotopic (exact) mass is 1140 g/mol. The molecule has 0 aromatic heterocycles. The van der Waals surface area contributed by atoms with E-state index < -0.39 is 12.1 Å². The van der Waals surface area contributed by atoms with Crippen LogP contribution >= 0.6 is 0 Å². The highest BCUT2D eigenvalue weighted by Crippen LogP contribution is 2.18. The highest BCUT2D eigenvalue weighted by molar-refractivity contribution is 5.76. The van der Waals surface area contributed by atoms with Crippen LogP contribution in [0.25, 0.3) is 0 Å². The van der Waals surface area contributed by atoms with Gasteiger partial charge in [0.15, 0.2) is 0 Å². The van der Waals surface area contributed by atoms with Gasteiger partial charge < -0.3 is 20.3 Å². The first-order valence-corrected chi connectivity index (χ1v) is 36.4. The van der Waals surface area contributed by atoms with Crippen molar-refractivity contribution < 1.29 is 24.5 Å². The van der Waals surface area contributed by atoms with E-state index in [4.69, 9.17) is 4.74 Å². The Morgan fingerprint density at radius 3 is 0.963 bits per heavy atom. The van der Waals surface area contributed by atoms with E-state index in [0.29, 0.717) is 25.9 Å². The fourth-order valence-electron chi connectivity index (χ4n) is 11.3. The second kappa shape index (κ2) is 70.3. The normalized spacial score (nSPS) is 12.8. The van der Waals surface area contributed by atoms with Gasteiger partial charge in [-0.2, -0.15) is 0 Å². The van der Waals surface area contributed by atoms with E-state index in [2.05, 4.69) is 67.8 Å². The molecule has 0 heterocycles. The number of carbonyl (C=O) groups is 2. The molecule has 0 saturated heterocycles. The Morgan fingerprint density at radius 2 is 0.617 bits per heavy atom. The minimum absolute atomic E-state index is 0.00722. The summed E-state index contributed by atoms with van der Waals surface area (Å²) in [6.45, 7) is 4.95. The molecule has 2 atom stereocenters. The molecule has 0 aliphatic rings. The van der Waals surface area contributed by atoms with Crippen LogP contribution in [0.3, 0.4) is 0 Å². The second-order valence-electron chi connectivity index (χ2n) is 24.9. The van der Waals surface area contributed by atoms with Gasteiger partial charge in [0.25, 0.3) is 0 Å². The summed E-state index contributed by atoms with van der Waals surface area (Å²) >= 11 is 0. The second-order valence-corrected chi connectivity index (χ2v) is 24.9. The molecule has 0 rings (SSSR count). The number of carbonyl (C=O) groups excluding carboxylic acids is 2. The Bertz CT molecular complexity index is 1360. The molecule has 476 valence electrons. The fourth-order valence-corrected chi connectivity index (χ4v) is 11.3. The maximum Gasteiger partial charge on any atom is 0.305 e. The van der Waals surface area contributed by atoms with Gasteiger partial charge in [0.1, 0.15) is 0 Å². The van der Waals surface area contributed by atoms with Crippen LogP contribution in [0.1, 0.15) is 393 Å². The predicted molar refractivity (Wildman–Crippen MR) is 356 cm³/mol. The van der Waals surface area contributed by atoms with Crippen LogP contribution in [0.5, 0.6) is 0 Å². The Labute approximate surface area is 506 Å². The Morgan fingerprint density at radius 1 is 0.346 bits per heavy atom. The zero-order valence-corrected chi connectivity index (χ0v) is 54.5. The van der Waals surface area contributed by atoms with Gasteiger partial charge >= 0.3 is 5.97 Å². The molecule has 0 saturated carbocycles. The lowest BCUT2D eigenvalue weighted by molar-refractivity contribution is -0.143. The summed E-state index contributed by atoms with van der Waals surface area (Å²) in [4.78, 5) is 24.6. The minimum atomic E-state index is -0.668. The van der Waals surface area contributed by atoms with Crippen molar-refractivity contribution in [2.45, 2.75) is 405 Å². The molecular weight excluding hydrogens is 995 g/mol. The predicted octanol–water partition coefficient (Wildman–Crippen LogP) is 23.6. The van der Waals surface area contributed by atoms with Crippen molar-refractivity contribution in [2.75, 3.05) is 13.2 Å². The molecule has 81 heavy (non-hydrogen) atoms. The van der Waals surface area contributed by atoms with Gasteiger partial charge in [0, 0.05) is 12.8 Å². The van der Waals surface area contributed by atoms with E-state index in [9.17, 15) is 19.8 Å². The van der Waals surface area contributed by atoms with Crippen LogP contribution in [0.2, 0.25) is 0 Å². The number of hydrogen-bond acceptors (Lipinski definition) is 5. The smallest absolute Gasteiger partial charge is 0.305 e. The molecule has 2 unspecified atom stereocenters. The van der Waals surface area contributed by atoms with E-state index >= 15 is 0 Å². The van der Waals surface area contributed by atoms with Gasteiger partial charge in [0.05, 0.1) is 25.4 Å². The molecule has 0 aromatic carbocycles. The number of aliphatic hydroxyl groups is 2. The zero-order valence-electron chi connectivity index (χ0n) is 54.5. The third-order valence-electron chi connectivity index (χ3n) is 16.9. The van der Waals surface area contributed by atoms with Crippen LogP contribution < -0.4 is 5.32 Å². The molecule has 0 aliphatic heterocycles. The van der Waals surface area contributed by atoms with Gasteiger partial charge in [-0.1, -0.05) is 339 Å². The summed E-state index contributed by atoms with van der Waals surface area (Å²) in [5.41, 5.74) is 0. The number of aliphatic hydroxyl groups excluding tert-OH is 2. The average molecular weight is 1140 g/mol. The maximum atomic E-state index is 12.5. The molecule has 0 radical (unpaired) electrons. The van der Waals surface area contributed by atoms with Crippen LogP contribution in [-0.4, -0.2) is 47.4 Å². The van der Waals surface area contributed by atoms with Crippen LogP contribution in [0.15, 0.2) is 48.6 Å². The van der Waals surface area contributed by atoms with E-state index in [-0.39, 0.29) is 18.5 Å². The van der Waals surface area contributed by atoms with Gasteiger partial charge in [-0.3, -0.25) is 9.59 Å². The van der Waals surface area contributed by atoms with Crippen molar-refractivity contribution in [1.82, 2.24) is 5.32 Å². The summed E-state index contributed by atoms with van der Waals surface area (Å²) in [5, 5.41) is 23.4. The Kier molecular flexibility index (Phi) is 68.4. The average Bonchev–Trinajstić information content (AvgIpc) is 3.47. The van der Waals surface area contributed by atoms with E-state index in [1.165, 1.54) is 302 Å². The van der Waals surface area contributed by atoms with Crippen LogP contribution in [0, 0.1) is 0 Å². The molecule has 0 aromatic rings. The number of esters is 1. The molecular formula is C75H141NO5. The van der Waals surface area contributed by atoms with E-state index in [1.807, 2.05) is 0 Å². The lowest BCUT2D eigenvalue weighted by Crippen LogP contribution is -2.45. The van der Waals surface area contributed by atoms with Crippen molar-refractivity contribution in [1.29, 1.82) is 0 Å². The van der Waals surface area contributed by atoms with Gasteiger partial charge in [0.2, 0.25) is 5.91 Å². The summed E-state index contributed by atoms with van der Waals surface area (Å²) in [5.74, 6) is -0.0279. The topological polar surface area (TPSA) is 95.9 Å². The lowest BCUT2D eigenvalue weighted by atomic mass is 10.0. The molecule has 6 nitrogen and oxygen atoms in total. The van der Waals surface area contributed by atoms with Gasteiger partial charge in [-0.25, -0.2) is 0 Å². The third-order valence-corrected chi connectivity index (χ3v) is 16.9. The molecule has 0 fully saturated rings. The molecule has 3 N–H and O–H groups in total. The maximum absolute atomic E-state index is 12.5. The Balaban J connectivity index is 3.41. The third kappa shape index (κ3) is 66.8. The fraction of sp³-hybridized carbons (Fsp3) is 0.867. The number of unbranched alkanes of at least 4 members (excludes halogenated alkanes) is 49. The van der Waals surface area contributed by atoms with Crippen molar-refractivity contribution in [3.05, 3.63) is 48.6 Å². The van der Waals surface area contributed by atoms with Crippen LogP contribution in [0.4, 0.5) is 0 Å². The van der Waals surface area contributed by atoms with Crippen LogP contribution in [-0.2, 0) is 14.3 Å². The number of nitrogens with one attached hydrogen (secondary N) is 1. The van der Waals surface area contributed by atoms with E-state index in [0.717, 1.165) is 57.8 Å². The summed E-state index contributed by atoms with van der Waals surface area (Å²) in [6, 6.07) is -0.545. The van der Waals surface area contributed by atoms with Crippen molar-refractivity contribution in [2.24, 2.45) is 0 Å². The minimum Gasteiger partial charge on any atom is -0.466 e. The number of allylic oxidation sites excluding steroid dienone is 8. The SMILES string of the molecule is CCCCC/C=C\C/C=C\CCCCCCCCCCCC(=O)OCCCCCCCCCCC/C=C\C/C=C\CCCCCCCCCCCCCC(=O)NC(CO)C(O)CCCCCCCCCCCCCCCCCCCC. The van der Waals surface area contributed by atoms with Crippen molar-refractivity contribution in [3.63, 3.8) is 0 Å². The van der Waals surface area contributed by atoms with Crippen molar-refractivity contribution >= 4 is 11.9 Å². The molecule has 0 bridgehead atoms. The quantitative estimate of drug-likeness (QED) is 0.0320. The first-order chi connectivity index (χ1) is 40.0. The van der Waals surface area contributed by atoms with Crippen molar-refractivity contribution in [3.8, 4) is 0 Å². The highest BCUT2D eigenvalue weighted by Gasteiger charge is 2.20. The summed E-state index contributed by atoms with van der Waals surface area (Å²) in [6.07, 6.45) is 91.6. The number of rotatable bonds is 68. The molecule has 1 amide bonds. The zero-order chi connectivity index (χ0) is 58.5. The Hall–Kier alpha value is -2.18. The summed E-state index contributed by atoms with van der Waals surface area (Å²) in [7, 11) is 0. The van der Waals surface area contributed by atoms with Gasteiger partial charge in [-0.05, 0) is 89.9 Å². The molecule has 6 heteroatoms. The number of ether oxygens (including phenoxy) is 1. The van der Waals surface area contributed by atoms with E-state index in [1.54, 1.807) is 0 Å². The molecule has 0 spiro atoms. The first kappa shape index (κ1) is 78.8. The standard InChI is InChI=1S/C75H141NO5/c1-3-5-7-9-11-13-15-17-19-21-32-37-41-45-49-53-57-61-65-69-75(80)81-70-66-62-58-54-50-46-42-38-34-31-29-27-25-23-24-26-28-30-33-36-40-44-48-52-56-60-64-68-74(79)76-72(71-77)73(78)67-63-59-55-51-47-43-39-35-22-20-18-16-14-12-10-8-6-4-2/h11,13,17,19,23-24,27,29,72-73,77-78H,3-10,12,14-16,18,20-22,25-26,28,30-71H2,1-2H3,(H,76,79)/b13-11-,19-17-,24-23-,29-27-. The number of hydrogen-bond donors (Lipinski definition) is 3. The first-order valence-electron chi connectivity index (χ1n) is 36.4. The number of amides is 1. The largest absolute Gasteiger partial charge is 0.466 e. The molecule has 0 aliphatic carbocycles. The summed E-state index contributed by atoms with van der Waals surface area (Å²) < 4.78 is 5.50.